The molecule has 0 saturated carbocycles. The molecular formula is C14H10Cl3NO. The van der Waals surface area contributed by atoms with E-state index >= 15 is 0 Å². The van der Waals surface area contributed by atoms with Gasteiger partial charge in [0, 0.05) is 6.54 Å². The summed E-state index contributed by atoms with van der Waals surface area (Å²) in [5.74, 6) is -0.225. The van der Waals surface area contributed by atoms with Gasteiger partial charge in [0.2, 0.25) is 0 Å². The molecule has 1 amide bonds. The Balaban J connectivity index is 2.04. The van der Waals surface area contributed by atoms with E-state index in [0.29, 0.717) is 27.2 Å². The molecule has 2 aromatic rings. The lowest BCUT2D eigenvalue weighted by Crippen LogP contribution is -2.23. The molecule has 1 N–H and O–H groups in total. The molecule has 2 rings (SSSR count). The van der Waals surface area contributed by atoms with E-state index in [-0.39, 0.29) is 5.91 Å². The predicted octanol–water partition coefficient (Wildman–Crippen LogP) is 4.58. The average Bonchev–Trinajstić information content (AvgIpc) is 2.40. The number of rotatable bonds is 3. The second-order valence-electron chi connectivity index (χ2n) is 3.91. The number of carbonyl (C=O) groups excluding carboxylic acids is 1. The van der Waals surface area contributed by atoms with Crippen molar-refractivity contribution < 1.29 is 4.79 Å². The first kappa shape index (κ1) is 14.2. The fraction of sp³-hybridized carbons (Fsp3) is 0.0714. The van der Waals surface area contributed by atoms with Gasteiger partial charge in [-0.2, -0.15) is 0 Å². The van der Waals surface area contributed by atoms with Crippen LogP contribution in [0.3, 0.4) is 0 Å². The Kier molecular flexibility index (Phi) is 4.70. The minimum atomic E-state index is -0.225. The highest BCUT2D eigenvalue weighted by atomic mass is 35.5. The zero-order valence-electron chi connectivity index (χ0n) is 9.79. The SMILES string of the molecule is O=C(NCc1ccc(Cl)c(Cl)c1)c1ccccc1Cl. The molecule has 0 unspecified atom stereocenters. The molecule has 98 valence electrons. The Morgan fingerprint density at radius 1 is 0.947 bits per heavy atom. The summed E-state index contributed by atoms with van der Waals surface area (Å²) in [5.41, 5.74) is 1.32. The van der Waals surface area contributed by atoms with Gasteiger partial charge in [-0.1, -0.05) is 53.0 Å². The van der Waals surface area contributed by atoms with Crippen molar-refractivity contribution in [1.29, 1.82) is 0 Å². The van der Waals surface area contributed by atoms with Crippen LogP contribution in [-0.4, -0.2) is 5.91 Å². The molecule has 0 bridgehead atoms. The van der Waals surface area contributed by atoms with Crippen molar-refractivity contribution >= 4 is 40.7 Å². The Morgan fingerprint density at radius 3 is 2.37 bits per heavy atom. The van der Waals surface area contributed by atoms with Gasteiger partial charge in [0.25, 0.3) is 5.91 Å². The molecule has 19 heavy (non-hydrogen) atoms. The van der Waals surface area contributed by atoms with Crippen LogP contribution in [-0.2, 0) is 6.54 Å². The monoisotopic (exact) mass is 313 g/mol. The second-order valence-corrected chi connectivity index (χ2v) is 5.13. The fourth-order valence-corrected chi connectivity index (χ4v) is 2.11. The molecule has 0 radical (unpaired) electrons. The quantitative estimate of drug-likeness (QED) is 0.883. The zero-order valence-corrected chi connectivity index (χ0v) is 12.1. The van der Waals surface area contributed by atoms with E-state index in [1.165, 1.54) is 0 Å². The van der Waals surface area contributed by atoms with Crippen molar-refractivity contribution in [3.63, 3.8) is 0 Å². The summed E-state index contributed by atoms with van der Waals surface area (Å²) in [4.78, 5) is 11.9. The third kappa shape index (κ3) is 3.63. The maximum absolute atomic E-state index is 11.9. The zero-order chi connectivity index (χ0) is 13.8. The van der Waals surface area contributed by atoms with Crippen LogP contribution in [0.2, 0.25) is 15.1 Å². The van der Waals surface area contributed by atoms with Gasteiger partial charge in [-0.25, -0.2) is 0 Å². The molecule has 2 aromatic carbocycles. The molecule has 0 heterocycles. The third-order valence-electron chi connectivity index (χ3n) is 2.56. The molecular weight excluding hydrogens is 305 g/mol. The third-order valence-corrected chi connectivity index (χ3v) is 3.62. The molecule has 0 aromatic heterocycles. The van der Waals surface area contributed by atoms with Crippen molar-refractivity contribution in [2.24, 2.45) is 0 Å². The van der Waals surface area contributed by atoms with Crippen molar-refractivity contribution in [2.75, 3.05) is 0 Å². The van der Waals surface area contributed by atoms with E-state index in [4.69, 9.17) is 34.8 Å². The highest BCUT2D eigenvalue weighted by Gasteiger charge is 2.09. The van der Waals surface area contributed by atoms with Crippen molar-refractivity contribution in [3.8, 4) is 0 Å². The maximum atomic E-state index is 11.9. The first-order valence-electron chi connectivity index (χ1n) is 5.54. The number of benzene rings is 2. The highest BCUT2D eigenvalue weighted by Crippen LogP contribution is 2.22. The lowest BCUT2D eigenvalue weighted by atomic mass is 10.2. The Labute approximate surface area is 126 Å². The summed E-state index contributed by atoms with van der Waals surface area (Å²) in [7, 11) is 0. The summed E-state index contributed by atoms with van der Waals surface area (Å²) in [6.07, 6.45) is 0. The maximum Gasteiger partial charge on any atom is 0.253 e. The molecule has 0 aliphatic rings. The van der Waals surface area contributed by atoms with Gasteiger partial charge < -0.3 is 5.32 Å². The van der Waals surface area contributed by atoms with Gasteiger partial charge in [0.05, 0.1) is 20.6 Å². The Morgan fingerprint density at radius 2 is 1.68 bits per heavy atom. The normalized spacial score (nSPS) is 10.3. The summed E-state index contributed by atoms with van der Waals surface area (Å²) >= 11 is 17.7. The first-order valence-corrected chi connectivity index (χ1v) is 6.68. The van der Waals surface area contributed by atoms with Gasteiger partial charge in [-0.05, 0) is 29.8 Å². The van der Waals surface area contributed by atoms with Crippen LogP contribution in [0.15, 0.2) is 42.5 Å². The van der Waals surface area contributed by atoms with Gasteiger partial charge in [-0.3, -0.25) is 4.79 Å². The Hall–Kier alpha value is -1.22. The second kappa shape index (κ2) is 6.29. The van der Waals surface area contributed by atoms with E-state index in [0.717, 1.165) is 5.56 Å². The molecule has 0 spiro atoms. The van der Waals surface area contributed by atoms with Crippen molar-refractivity contribution in [3.05, 3.63) is 68.7 Å². The van der Waals surface area contributed by atoms with Crippen LogP contribution in [0.4, 0.5) is 0 Å². The minimum absolute atomic E-state index is 0.225. The molecule has 0 aliphatic carbocycles. The summed E-state index contributed by atoms with van der Waals surface area (Å²) in [5, 5.41) is 4.16. The van der Waals surface area contributed by atoms with E-state index in [9.17, 15) is 4.79 Å². The summed E-state index contributed by atoms with van der Waals surface area (Å²) in [6, 6.07) is 12.1. The van der Waals surface area contributed by atoms with Gasteiger partial charge >= 0.3 is 0 Å². The van der Waals surface area contributed by atoms with E-state index in [2.05, 4.69) is 5.32 Å². The molecule has 2 nitrogen and oxygen atoms in total. The number of halogens is 3. The predicted molar refractivity (Wildman–Crippen MR) is 79.1 cm³/mol. The van der Waals surface area contributed by atoms with Crippen LogP contribution in [0.25, 0.3) is 0 Å². The lowest BCUT2D eigenvalue weighted by molar-refractivity contribution is 0.0951. The number of nitrogens with one attached hydrogen (secondary N) is 1. The van der Waals surface area contributed by atoms with Gasteiger partial charge in [0.1, 0.15) is 0 Å². The van der Waals surface area contributed by atoms with Crippen LogP contribution in [0.5, 0.6) is 0 Å². The summed E-state index contributed by atoms with van der Waals surface area (Å²) in [6.45, 7) is 0.362. The minimum Gasteiger partial charge on any atom is -0.348 e. The van der Waals surface area contributed by atoms with E-state index in [1.807, 2.05) is 0 Å². The van der Waals surface area contributed by atoms with Crippen LogP contribution in [0.1, 0.15) is 15.9 Å². The smallest absolute Gasteiger partial charge is 0.253 e. The highest BCUT2D eigenvalue weighted by molar-refractivity contribution is 6.42. The van der Waals surface area contributed by atoms with Gasteiger partial charge in [0.15, 0.2) is 0 Å². The average molecular weight is 315 g/mol. The van der Waals surface area contributed by atoms with Crippen LogP contribution >= 0.6 is 34.8 Å². The Bertz CT molecular complexity index is 613. The summed E-state index contributed by atoms with van der Waals surface area (Å²) < 4.78 is 0. The fourth-order valence-electron chi connectivity index (χ4n) is 1.57. The lowest BCUT2D eigenvalue weighted by Gasteiger charge is -2.07. The van der Waals surface area contributed by atoms with Gasteiger partial charge in [-0.15, -0.1) is 0 Å². The standard InChI is InChI=1S/C14H10Cl3NO/c15-11-4-2-1-3-10(11)14(19)18-8-9-5-6-12(16)13(17)7-9/h1-7H,8H2,(H,18,19). The molecule has 0 saturated heterocycles. The van der Waals surface area contributed by atoms with E-state index < -0.39 is 0 Å². The van der Waals surface area contributed by atoms with Crippen molar-refractivity contribution in [2.45, 2.75) is 6.54 Å². The first-order chi connectivity index (χ1) is 9.08. The number of hydrogen-bond acceptors (Lipinski definition) is 1. The number of amides is 1. The molecule has 5 heteroatoms. The van der Waals surface area contributed by atoms with E-state index in [1.54, 1.807) is 42.5 Å². The van der Waals surface area contributed by atoms with Crippen LogP contribution in [0, 0.1) is 0 Å². The molecule has 0 fully saturated rings. The topological polar surface area (TPSA) is 29.1 Å². The number of hydrogen-bond donors (Lipinski definition) is 1. The van der Waals surface area contributed by atoms with Crippen molar-refractivity contribution in [1.82, 2.24) is 5.32 Å². The molecule has 0 atom stereocenters. The largest absolute Gasteiger partial charge is 0.348 e. The molecule has 0 aliphatic heterocycles. The number of carbonyl (C=O) groups is 1. The van der Waals surface area contributed by atoms with Crippen LogP contribution < -0.4 is 5.32 Å².